The van der Waals surface area contributed by atoms with Gasteiger partial charge in [0.05, 0.1) is 12.2 Å². The van der Waals surface area contributed by atoms with E-state index in [0.29, 0.717) is 24.2 Å². The van der Waals surface area contributed by atoms with E-state index in [4.69, 9.17) is 4.74 Å². The van der Waals surface area contributed by atoms with E-state index in [2.05, 4.69) is 17.4 Å². The van der Waals surface area contributed by atoms with Crippen LogP contribution in [-0.4, -0.2) is 32.5 Å². The number of ether oxygens (including phenoxy) is 1. The van der Waals surface area contributed by atoms with E-state index in [0.717, 1.165) is 29.1 Å². The summed E-state index contributed by atoms with van der Waals surface area (Å²) in [4.78, 5) is 28.9. The van der Waals surface area contributed by atoms with Crippen LogP contribution in [0.1, 0.15) is 56.6 Å². The molecule has 0 aromatic heterocycles. The van der Waals surface area contributed by atoms with Crippen LogP contribution in [0.4, 0.5) is 5.69 Å². The lowest BCUT2D eigenvalue weighted by Crippen LogP contribution is -2.36. The number of ketones is 1. The number of rotatable bonds is 6. The van der Waals surface area contributed by atoms with Crippen molar-refractivity contribution in [1.29, 1.82) is 0 Å². The molecule has 1 aliphatic carbocycles. The maximum absolute atomic E-state index is 13.6. The summed E-state index contributed by atoms with van der Waals surface area (Å²) in [7, 11) is 3.99. The molecule has 2 aliphatic rings. The number of hydrogen-bond acceptors (Lipinski definition) is 5. The van der Waals surface area contributed by atoms with E-state index in [9.17, 15) is 9.59 Å². The Morgan fingerprint density at radius 1 is 1.03 bits per heavy atom. The number of esters is 1. The number of allylic oxidation sites excluding steroid dienone is 3. The van der Waals surface area contributed by atoms with Gasteiger partial charge in [-0.1, -0.05) is 56.3 Å². The summed E-state index contributed by atoms with van der Waals surface area (Å²) in [6, 6.07) is 18.3. The summed E-state index contributed by atoms with van der Waals surface area (Å²) < 4.78 is 5.65. The highest BCUT2D eigenvalue weighted by Gasteiger charge is 2.41. The predicted molar refractivity (Wildman–Crippen MR) is 136 cm³/mol. The summed E-state index contributed by atoms with van der Waals surface area (Å²) in [5, 5.41) is 3.43. The van der Waals surface area contributed by atoms with Crippen molar-refractivity contribution < 1.29 is 14.3 Å². The van der Waals surface area contributed by atoms with Gasteiger partial charge in [-0.3, -0.25) is 4.79 Å². The number of carbonyl (C=O) groups excluding carboxylic acids is 2. The van der Waals surface area contributed by atoms with E-state index in [-0.39, 0.29) is 23.6 Å². The van der Waals surface area contributed by atoms with Crippen LogP contribution in [0.15, 0.2) is 77.1 Å². The van der Waals surface area contributed by atoms with Crippen LogP contribution < -0.4 is 10.2 Å². The zero-order valence-corrected chi connectivity index (χ0v) is 20.7. The molecule has 4 rings (SSSR count). The molecule has 0 saturated heterocycles. The minimum absolute atomic E-state index is 0.0888. The Morgan fingerprint density at radius 2 is 1.71 bits per heavy atom. The molecule has 2 aromatic carbocycles. The Balaban J connectivity index is 1.76. The van der Waals surface area contributed by atoms with Crippen molar-refractivity contribution in [3.8, 4) is 0 Å². The number of carbonyl (C=O) groups is 2. The third kappa shape index (κ3) is 4.79. The second-order valence-corrected chi connectivity index (χ2v) is 9.91. The normalized spacial score (nSPS) is 20.2. The van der Waals surface area contributed by atoms with E-state index in [1.807, 2.05) is 82.2 Å². The molecule has 178 valence electrons. The Hall–Kier alpha value is -3.34. The zero-order chi connectivity index (χ0) is 24.4. The molecule has 1 aliphatic heterocycles. The van der Waals surface area contributed by atoms with Gasteiger partial charge in [-0.05, 0) is 48.4 Å². The van der Waals surface area contributed by atoms with Crippen LogP contribution in [0, 0.1) is 5.92 Å². The van der Waals surface area contributed by atoms with E-state index >= 15 is 0 Å². The fourth-order valence-corrected chi connectivity index (χ4v) is 4.89. The van der Waals surface area contributed by atoms with E-state index in [1.54, 1.807) is 0 Å². The Kier molecular flexibility index (Phi) is 6.92. The van der Waals surface area contributed by atoms with Gasteiger partial charge in [0.2, 0.25) is 0 Å². The van der Waals surface area contributed by atoms with Gasteiger partial charge in [-0.2, -0.15) is 0 Å². The van der Waals surface area contributed by atoms with Crippen molar-refractivity contribution >= 4 is 17.4 Å². The average Bonchev–Trinajstić information content (AvgIpc) is 2.82. The smallest absolute Gasteiger partial charge is 0.336 e. The van der Waals surface area contributed by atoms with Crippen LogP contribution >= 0.6 is 0 Å². The van der Waals surface area contributed by atoms with Gasteiger partial charge < -0.3 is 15.0 Å². The van der Waals surface area contributed by atoms with Crippen LogP contribution in [0.3, 0.4) is 0 Å². The van der Waals surface area contributed by atoms with Crippen molar-refractivity contribution in [2.24, 2.45) is 5.92 Å². The summed E-state index contributed by atoms with van der Waals surface area (Å²) in [6.07, 6.45) is 1.17. The van der Waals surface area contributed by atoms with Crippen LogP contribution in [0.25, 0.3) is 0 Å². The fourth-order valence-electron chi connectivity index (χ4n) is 4.89. The van der Waals surface area contributed by atoms with Crippen molar-refractivity contribution in [1.82, 2.24) is 5.32 Å². The summed E-state index contributed by atoms with van der Waals surface area (Å²) in [5.74, 6) is -0.344. The number of Topliss-reactive ketones (excluding diaryl/α,β-unsaturated/α-hetero) is 1. The zero-order valence-electron chi connectivity index (χ0n) is 20.7. The minimum Gasteiger partial charge on any atom is -0.462 e. The first kappa shape index (κ1) is 23.8. The number of benzene rings is 2. The van der Waals surface area contributed by atoms with Crippen LogP contribution in [0.2, 0.25) is 0 Å². The molecule has 2 atom stereocenters. The molecule has 1 heterocycles. The number of nitrogens with zero attached hydrogens (tertiary/aromatic N) is 1. The molecule has 0 saturated carbocycles. The molecule has 0 bridgehead atoms. The molecule has 34 heavy (non-hydrogen) atoms. The molecule has 0 unspecified atom stereocenters. The molecular formula is C29H34N2O3. The van der Waals surface area contributed by atoms with Gasteiger partial charge in [-0.15, -0.1) is 0 Å². The number of hydrogen-bond donors (Lipinski definition) is 1. The SMILES string of the molecule is CC1=C(C(=O)OCC(C)C)[C@H](c2ccc(N(C)C)cc2)C2=C(C[C@H](c3ccccc3)CC2=O)N1. The van der Waals surface area contributed by atoms with Crippen molar-refractivity contribution in [2.45, 2.75) is 45.4 Å². The molecule has 5 heteroatoms. The van der Waals surface area contributed by atoms with Gasteiger partial charge in [0.15, 0.2) is 5.78 Å². The maximum Gasteiger partial charge on any atom is 0.336 e. The van der Waals surface area contributed by atoms with Gasteiger partial charge >= 0.3 is 5.97 Å². The Morgan fingerprint density at radius 3 is 2.32 bits per heavy atom. The lowest BCUT2D eigenvalue weighted by atomic mass is 9.71. The van der Waals surface area contributed by atoms with Gasteiger partial charge in [0.1, 0.15) is 0 Å². The third-order valence-electron chi connectivity index (χ3n) is 6.61. The number of dihydropyridines is 1. The lowest BCUT2D eigenvalue weighted by Gasteiger charge is -2.37. The van der Waals surface area contributed by atoms with E-state index in [1.165, 1.54) is 5.56 Å². The largest absolute Gasteiger partial charge is 0.462 e. The third-order valence-corrected chi connectivity index (χ3v) is 6.61. The Bertz CT molecular complexity index is 1130. The first-order valence-corrected chi connectivity index (χ1v) is 12.0. The van der Waals surface area contributed by atoms with Gasteiger partial charge in [0, 0.05) is 49.1 Å². The highest BCUT2D eigenvalue weighted by molar-refractivity contribution is 6.04. The predicted octanol–water partition coefficient (Wildman–Crippen LogP) is 5.31. The van der Waals surface area contributed by atoms with Crippen molar-refractivity contribution in [3.05, 3.63) is 88.3 Å². The van der Waals surface area contributed by atoms with Crippen LogP contribution in [0.5, 0.6) is 0 Å². The average molecular weight is 459 g/mol. The first-order chi connectivity index (χ1) is 16.3. The summed E-state index contributed by atoms with van der Waals surface area (Å²) >= 11 is 0. The second kappa shape index (κ2) is 9.88. The fraction of sp³-hybridized carbons (Fsp3) is 0.379. The first-order valence-electron chi connectivity index (χ1n) is 12.0. The molecule has 5 nitrogen and oxygen atoms in total. The monoisotopic (exact) mass is 458 g/mol. The highest BCUT2D eigenvalue weighted by atomic mass is 16.5. The second-order valence-electron chi connectivity index (χ2n) is 9.91. The Labute approximate surface area is 202 Å². The van der Waals surface area contributed by atoms with Crippen LogP contribution in [-0.2, 0) is 14.3 Å². The molecule has 0 fully saturated rings. The molecule has 1 N–H and O–H groups in total. The quantitative estimate of drug-likeness (QED) is 0.594. The van der Waals surface area contributed by atoms with Gasteiger partial charge in [-0.25, -0.2) is 4.79 Å². The molecular weight excluding hydrogens is 424 g/mol. The topological polar surface area (TPSA) is 58.6 Å². The lowest BCUT2D eigenvalue weighted by molar-refractivity contribution is -0.140. The number of anilines is 1. The standard InChI is InChI=1S/C29H34N2O3/c1-18(2)17-34-29(33)26-19(3)30-24-15-22(20-9-7-6-8-10-20)16-25(32)28(24)27(26)21-11-13-23(14-12-21)31(4)5/h6-14,18,22,27,30H,15-17H2,1-5H3/t22-,27-/m0/s1. The summed E-state index contributed by atoms with van der Waals surface area (Å²) in [6.45, 7) is 6.28. The van der Waals surface area contributed by atoms with E-state index < -0.39 is 5.92 Å². The van der Waals surface area contributed by atoms with Crippen molar-refractivity contribution in [3.63, 3.8) is 0 Å². The van der Waals surface area contributed by atoms with Crippen molar-refractivity contribution in [2.75, 3.05) is 25.6 Å². The van der Waals surface area contributed by atoms with Gasteiger partial charge in [0.25, 0.3) is 0 Å². The number of nitrogens with one attached hydrogen (secondary N) is 1. The molecule has 2 aromatic rings. The summed E-state index contributed by atoms with van der Waals surface area (Å²) in [5.41, 5.74) is 6.08. The molecule has 0 amide bonds. The minimum atomic E-state index is -0.434. The molecule has 0 spiro atoms. The maximum atomic E-state index is 13.6. The molecule has 0 radical (unpaired) electrons. The highest BCUT2D eigenvalue weighted by Crippen LogP contribution is 2.45.